The molecule has 0 aliphatic carbocycles. The van der Waals surface area contributed by atoms with Gasteiger partial charge in [0.15, 0.2) is 17.2 Å². The molecule has 3 aromatic rings. The molecule has 0 N–H and O–H groups in total. The Bertz CT molecular complexity index is 1300. The van der Waals surface area contributed by atoms with Gasteiger partial charge in [0.2, 0.25) is 0 Å². The third-order valence-corrected chi connectivity index (χ3v) is 6.12. The van der Waals surface area contributed by atoms with E-state index in [1.54, 1.807) is 24.2 Å². The van der Waals surface area contributed by atoms with Gasteiger partial charge in [-0.05, 0) is 25.0 Å². The van der Waals surface area contributed by atoms with Crippen LogP contribution in [0, 0.1) is 5.92 Å². The summed E-state index contributed by atoms with van der Waals surface area (Å²) in [6, 6.07) is 5.34. The van der Waals surface area contributed by atoms with Gasteiger partial charge in [-0.15, -0.1) is 0 Å². The van der Waals surface area contributed by atoms with Crippen LogP contribution in [0.2, 0.25) is 0 Å². The average Bonchev–Trinajstić information content (AvgIpc) is 3.14. The first-order valence-corrected chi connectivity index (χ1v) is 10.8. The van der Waals surface area contributed by atoms with Crippen molar-refractivity contribution in [2.24, 2.45) is 13.0 Å². The van der Waals surface area contributed by atoms with Crippen molar-refractivity contribution in [3.05, 3.63) is 46.6 Å². The third kappa shape index (κ3) is 3.69. The molecule has 1 amide bonds. The first-order chi connectivity index (χ1) is 16.0. The number of nitrogens with zero attached hydrogens (tertiary/aromatic N) is 6. The van der Waals surface area contributed by atoms with Crippen LogP contribution in [-0.2, 0) is 16.6 Å². The second-order valence-corrected chi connectivity index (χ2v) is 8.18. The molecule has 1 saturated heterocycles. The van der Waals surface area contributed by atoms with Crippen molar-refractivity contribution in [1.82, 2.24) is 24.1 Å². The number of ether oxygens (including phenoxy) is 2. The Kier molecular flexibility index (Phi) is 5.23. The number of amides is 1. The first-order valence-electron chi connectivity index (χ1n) is 10.8. The molecule has 33 heavy (non-hydrogen) atoms. The molecule has 1 fully saturated rings. The number of esters is 1. The minimum atomic E-state index is -0.306. The van der Waals surface area contributed by atoms with Gasteiger partial charge in [-0.3, -0.25) is 14.0 Å². The van der Waals surface area contributed by atoms with E-state index in [0.29, 0.717) is 55.4 Å². The van der Waals surface area contributed by atoms with Crippen LogP contribution in [0.1, 0.15) is 23.2 Å². The van der Waals surface area contributed by atoms with Gasteiger partial charge in [0.1, 0.15) is 6.61 Å². The number of likely N-dealkylation sites (tertiary alicyclic amines) is 1. The van der Waals surface area contributed by atoms with Gasteiger partial charge in [0, 0.05) is 44.3 Å². The molecule has 5 heterocycles. The first kappa shape index (κ1) is 21.0. The normalized spacial score (nSPS) is 18.1. The number of anilines is 2. The maximum absolute atomic E-state index is 13.1. The smallest absolute Gasteiger partial charge is 0.350 e. The summed E-state index contributed by atoms with van der Waals surface area (Å²) in [4.78, 5) is 45.3. The predicted molar refractivity (Wildman–Crippen MR) is 118 cm³/mol. The Morgan fingerprint density at radius 3 is 2.91 bits per heavy atom. The minimum absolute atomic E-state index is 0.186. The van der Waals surface area contributed by atoms with Gasteiger partial charge in [-0.25, -0.2) is 14.5 Å². The van der Waals surface area contributed by atoms with E-state index >= 15 is 0 Å². The fourth-order valence-corrected chi connectivity index (χ4v) is 4.41. The van der Waals surface area contributed by atoms with Crippen LogP contribution in [0.15, 0.2) is 35.4 Å². The van der Waals surface area contributed by atoms with Gasteiger partial charge < -0.3 is 19.3 Å². The number of hydrogen-bond acceptors (Lipinski definition) is 8. The lowest BCUT2D eigenvalue weighted by molar-refractivity contribution is -0.146. The molecule has 2 aliphatic heterocycles. The Morgan fingerprint density at radius 2 is 2.09 bits per heavy atom. The molecule has 0 radical (unpaired) electrons. The molecule has 1 atom stereocenters. The molecular weight excluding hydrogens is 428 g/mol. The molecule has 172 valence electrons. The fourth-order valence-electron chi connectivity index (χ4n) is 4.41. The number of pyridine rings is 2. The number of aryl methyl sites for hydroxylation is 1. The molecular formula is C22H24N6O5. The van der Waals surface area contributed by atoms with Crippen molar-refractivity contribution >= 4 is 29.0 Å². The van der Waals surface area contributed by atoms with Crippen molar-refractivity contribution in [1.29, 1.82) is 0 Å². The Hall–Kier alpha value is -3.89. The summed E-state index contributed by atoms with van der Waals surface area (Å²) >= 11 is 0. The molecule has 11 heteroatoms. The highest BCUT2D eigenvalue weighted by Crippen LogP contribution is 2.35. The molecule has 11 nitrogen and oxygen atoms in total. The van der Waals surface area contributed by atoms with E-state index < -0.39 is 0 Å². The highest BCUT2D eigenvalue weighted by atomic mass is 16.5. The molecule has 0 spiro atoms. The minimum Gasteiger partial charge on any atom is -0.488 e. The molecule has 1 unspecified atom stereocenters. The largest absolute Gasteiger partial charge is 0.488 e. The lowest BCUT2D eigenvalue weighted by atomic mass is 9.97. The van der Waals surface area contributed by atoms with E-state index in [1.165, 1.54) is 22.4 Å². The Balaban J connectivity index is 1.41. The molecule has 5 rings (SSSR count). The van der Waals surface area contributed by atoms with Gasteiger partial charge in [-0.2, -0.15) is 5.10 Å². The Labute approximate surface area is 189 Å². The van der Waals surface area contributed by atoms with E-state index in [1.807, 2.05) is 17.0 Å². The number of carbonyl (C=O) groups excluding carboxylic acids is 2. The number of methoxy groups -OCH3 is 1. The second kappa shape index (κ2) is 8.23. The van der Waals surface area contributed by atoms with Crippen LogP contribution < -0.4 is 15.3 Å². The lowest BCUT2D eigenvalue weighted by Crippen LogP contribution is -2.42. The van der Waals surface area contributed by atoms with Crippen LogP contribution in [0.4, 0.5) is 11.5 Å². The average molecular weight is 452 g/mol. The number of carbonyl (C=O) groups is 2. The van der Waals surface area contributed by atoms with Gasteiger partial charge >= 0.3 is 11.7 Å². The maximum Gasteiger partial charge on any atom is 0.350 e. The number of rotatable bonds is 3. The van der Waals surface area contributed by atoms with E-state index in [0.717, 1.165) is 12.1 Å². The quantitative estimate of drug-likeness (QED) is 0.541. The Morgan fingerprint density at radius 1 is 1.24 bits per heavy atom. The SMILES string of the molecule is COC(=O)C1CCCN(C(=O)c2cnc3c(c2)OCCN3c2ccn3c(=O)n(C)nc3c2)C1. The van der Waals surface area contributed by atoms with Gasteiger partial charge in [-0.1, -0.05) is 0 Å². The standard InChI is InChI=1S/C22H24N6O5/c1-25-22(31)28-7-5-16(11-18(28)24-25)27-8-9-33-17-10-15(12-23-19(17)27)20(29)26-6-3-4-14(13-26)21(30)32-2/h5,7,10-12,14H,3-4,6,8-9,13H2,1-2H3. The van der Waals surface area contributed by atoms with E-state index in [-0.39, 0.29) is 23.5 Å². The van der Waals surface area contributed by atoms with E-state index in [9.17, 15) is 14.4 Å². The number of fused-ring (bicyclic) bond motifs is 2. The molecule has 3 aromatic heterocycles. The molecule has 0 aromatic carbocycles. The number of hydrogen-bond donors (Lipinski definition) is 0. The summed E-state index contributed by atoms with van der Waals surface area (Å²) in [6.07, 6.45) is 4.67. The third-order valence-electron chi connectivity index (χ3n) is 6.12. The van der Waals surface area contributed by atoms with Crippen LogP contribution in [0.5, 0.6) is 5.75 Å². The predicted octanol–water partition coefficient (Wildman–Crippen LogP) is 0.984. The van der Waals surface area contributed by atoms with Crippen molar-refractivity contribution in [3.8, 4) is 5.75 Å². The summed E-state index contributed by atoms with van der Waals surface area (Å²) < 4.78 is 13.4. The number of piperidine rings is 1. The highest BCUT2D eigenvalue weighted by molar-refractivity contribution is 5.95. The van der Waals surface area contributed by atoms with Crippen LogP contribution in [-0.4, -0.2) is 69.3 Å². The summed E-state index contributed by atoms with van der Waals surface area (Å²) in [6.45, 7) is 1.90. The zero-order chi connectivity index (χ0) is 23.1. The summed E-state index contributed by atoms with van der Waals surface area (Å²) in [5.41, 5.74) is 1.55. The van der Waals surface area contributed by atoms with Crippen molar-refractivity contribution in [3.63, 3.8) is 0 Å². The zero-order valence-electron chi connectivity index (χ0n) is 18.4. The van der Waals surface area contributed by atoms with Crippen molar-refractivity contribution < 1.29 is 19.1 Å². The lowest BCUT2D eigenvalue weighted by Gasteiger charge is -2.32. The van der Waals surface area contributed by atoms with E-state index in [4.69, 9.17) is 9.47 Å². The van der Waals surface area contributed by atoms with Crippen LogP contribution >= 0.6 is 0 Å². The van der Waals surface area contributed by atoms with Crippen molar-refractivity contribution in [2.75, 3.05) is 38.3 Å². The molecule has 2 aliphatic rings. The second-order valence-electron chi connectivity index (χ2n) is 8.18. The summed E-state index contributed by atoms with van der Waals surface area (Å²) in [5.74, 6) is 0.313. The summed E-state index contributed by atoms with van der Waals surface area (Å²) in [7, 11) is 2.97. The van der Waals surface area contributed by atoms with Crippen molar-refractivity contribution in [2.45, 2.75) is 12.8 Å². The monoisotopic (exact) mass is 452 g/mol. The highest BCUT2D eigenvalue weighted by Gasteiger charge is 2.31. The topological polar surface area (TPSA) is 111 Å². The maximum atomic E-state index is 13.1. The summed E-state index contributed by atoms with van der Waals surface area (Å²) in [5, 5.41) is 4.24. The fraction of sp³-hybridized carbons (Fsp3) is 0.409. The van der Waals surface area contributed by atoms with Gasteiger partial charge in [0.05, 0.1) is 25.1 Å². The zero-order valence-corrected chi connectivity index (χ0v) is 18.4. The van der Waals surface area contributed by atoms with E-state index in [2.05, 4.69) is 10.1 Å². The molecule has 0 saturated carbocycles. The van der Waals surface area contributed by atoms with Crippen LogP contribution in [0.25, 0.3) is 5.65 Å². The van der Waals surface area contributed by atoms with Gasteiger partial charge in [0.25, 0.3) is 5.91 Å². The number of aromatic nitrogens is 4. The molecule has 0 bridgehead atoms. The van der Waals surface area contributed by atoms with Crippen LogP contribution in [0.3, 0.4) is 0 Å².